The zero-order chi connectivity index (χ0) is 16.6. The fourth-order valence-corrected chi connectivity index (χ4v) is 6.14. The molecule has 1 aromatic carbocycles. The molecule has 4 nitrogen and oxygen atoms in total. The molecule has 1 atom stereocenters. The van der Waals surface area contributed by atoms with Crippen LogP contribution in [0.2, 0.25) is 10.0 Å². The summed E-state index contributed by atoms with van der Waals surface area (Å²) in [7, 11) is -3.80. The van der Waals surface area contributed by atoms with Crippen LogP contribution in [0.3, 0.4) is 0 Å². The normalized spacial score (nSPS) is 24.2. The average Bonchev–Trinajstić information content (AvgIpc) is 3.00. The summed E-state index contributed by atoms with van der Waals surface area (Å²) < 4.78 is 40.3. The van der Waals surface area contributed by atoms with E-state index in [1.165, 1.54) is 10.7 Å². The van der Waals surface area contributed by atoms with E-state index in [1.807, 2.05) is 0 Å². The molecule has 0 saturated carbocycles. The quantitative estimate of drug-likeness (QED) is 0.874. The summed E-state index contributed by atoms with van der Waals surface area (Å²) in [5, 5.41) is 3.14. The first kappa shape index (κ1) is 17.4. The van der Waals surface area contributed by atoms with Crippen molar-refractivity contribution in [3.05, 3.63) is 28.0 Å². The Kier molecular flexibility index (Phi) is 5.18. The number of nitrogens with one attached hydrogen (secondary N) is 1. The molecule has 23 heavy (non-hydrogen) atoms. The van der Waals surface area contributed by atoms with E-state index < -0.39 is 15.8 Å². The monoisotopic (exact) mass is 380 g/mol. The van der Waals surface area contributed by atoms with E-state index in [-0.39, 0.29) is 14.9 Å². The second kappa shape index (κ2) is 6.84. The van der Waals surface area contributed by atoms with Crippen LogP contribution in [0.25, 0.3) is 0 Å². The van der Waals surface area contributed by atoms with Crippen molar-refractivity contribution in [3.8, 4) is 0 Å². The average molecular weight is 381 g/mol. The van der Waals surface area contributed by atoms with Crippen LogP contribution in [-0.4, -0.2) is 38.4 Å². The van der Waals surface area contributed by atoms with E-state index >= 15 is 0 Å². The van der Waals surface area contributed by atoms with Crippen molar-refractivity contribution < 1.29 is 12.8 Å². The van der Waals surface area contributed by atoms with E-state index in [2.05, 4.69) is 5.32 Å². The van der Waals surface area contributed by atoms with Crippen LogP contribution >= 0.6 is 23.2 Å². The Labute approximate surface area is 146 Å². The van der Waals surface area contributed by atoms with Gasteiger partial charge in [0.25, 0.3) is 0 Å². The molecule has 128 valence electrons. The SMILES string of the molecule is O=S(=O)(c1c(Cl)cc(F)cc1Cl)N1CCC(C2CCCN2)CC1. The summed E-state index contributed by atoms with van der Waals surface area (Å²) in [5.74, 6) is -0.145. The van der Waals surface area contributed by atoms with Gasteiger partial charge in [0.15, 0.2) is 0 Å². The highest BCUT2D eigenvalue weighted by molar-refractivity contribution is 7.89. The lowest BCUT2D eigenvalue weighted by molar-refractivity contribution is 0.234. The molecule has 0 radical (unpaired) electrons. The standard InChI is InChI=1S/C15H19Cl2FN2O2S/c16-12-8-11(18)9-13(17)15(12)23(21,22)20-6-3-10(4-7-20)14-2-1-5-19-14/h8-10,14,19H,1-7H2. The van der Waals surface area contributed by atoms with Gasteiger partial charge >= 0.3 is 0 Å². The molecule has 2 aliphatic heterocycles. The van der Waals surface area contributed by atoms with Crippen LogP contribution in [0.15, 0.2) is 17.0 Å². The highest BCUT2D eigenvalue weighted by atomic mass is 35.5. The summed E-state index contributed by atoms with van der Waals surface area (Å²) in [4.78, 5) is -0.195. The first-order valence-corrected chi connectivity index (χ1v) is 9.97. The molecule has 0 bridgehead atoms. The summed E-state index contributed by atoms with van der Waals surface area (Å²) in [6.07, 6.45) is 3.97. The topological polar surface area (TPSA) is 49.4 Å². The lowest BCUT2D eigenvalue weighted by Gasteiger charge is -2.34. The fourth-order valence-electron chi connectivity index (χ4n) is 3.54. The molecule has 0 spiro atoms. The predicted octanol–water partition coefficient (Wildman–Crippen LogP) is 3.29. The third-order valence-corrected chi connectivity index (χ3v) is 7.55. The van der Waals surface area contributed by atoms with E-state index in [9.17, 15) is 12.8 Å². The summed E-state index contributed by atoms with van der Waals surface area (Å²) in [6, 6.07) is 2.46. The van der Waals surface area contributed by atoms with Crippen LogP contribution in [-0.2, 0) is 10.0 Å². The molecule has 2 heterocycles. The minimum absolute atomic E-state index is 0.172. The number of hydrogen-bond acceptors (Lipinski definition) is 3. The number of nitrogens with zero attached hydrogens (tertiary/aromatic N) is 1. The minimum atomic E-state index is -3.80. The predicted molar refractivity (Wildman–Crippen MR) is 88.9 cm³/mol. The number of benzene rings is 1. The van der Waals surface area contributed by atoms with Gasteiger partial charge in [-0.3, -0.25) is 0 Å². The molecule has 3 rings (SSSR count). The van der Waals surface area contributed by atoms with Crippen LogP contribution in [0.4, 0.5) is 4.39 Å². The van der Waals surface area contributed by atoms with Gasteiger partial charge in [-0.15, -0.1) is 0 Å². The maximum atomic E-state index is 13.3. The van der Waals surface area contributed by atoms with Gasteiger partial charge in [0.1, 0.15) is 10.7 Å². The molecule has 1 aromatic rings. The zero-order valence-corrected chi connectivity index (χ0v) is 14.9. The number of rotatable bonds is 3. The van der Waals surface area contributed by atoms with Crippen LogP contribution < -0.4 is 5.32 Å². The Balaban J connectivity index is 1.77. The smallest absolute Gasteiger partial charge is 0.246 e. The fraction of sp³-hybridized carbons (Fsp3) is 0.600. The Hall–Kier alpha value is -0.400. The van der Waals surface area contributed by atoms with Crippen molar-refractivity contribution in [2.75, 3.05) is 19.6 Å². The van der Waals surface area contributed by atoms with Gasteiger partial charge < -0.3 is 5.32 Å². The van der Waals surface area contributed by atoms with E-state index in [1.54, 1.807) is 0 Å². The molecular weight excluding hydrogens is 362 g/mol. The maximum absolute atomic E-state index is 13.3. The van der Waals surface area contributed by atoms with Crippen molar-refractivity contribution in [1.29, 1.82) is 0 Å². The van der Waals surface area contributed by atoms with Crippen molar-refractivity contribution >= 4 is 33.2 Å². The van der Waals surface area contributed by atoms with E-state index in [0.717, 1.165) is 37.9 Å². The maximum Gasteiger partial charge on any atom is 0.246 e. The van der Waals surface area contributed by atoms with Gasteiger partial charge in [-0.25, -0.2) is 12.8 Å². The van der Waals surface area contributed by atoms with E-state index in [4.69, 9.17) is 23.2 Å². The van der Waals surface area contributed by atoms with Gasteiger partial charge in [-0.2, -0.15) is 4.31 Å². The Morgan fingerprint density at radius 1 is 1.13 bits per heavy atom. The van der Waals surface area contributed by atoms with Crippen LogP contribution in [0.5, 0.6) is 0 Å². The lowest BCUT2D eigenvalue weighted by atomic mass is 9.89. The van der Waals surface area contributed by atoms with E-state index in [0.29, 0.717) is 25.0 Å². The molecule has 0 aromatic heterocycles. The largest absolute Gasteiger partial charge is 0.314 e. The minimum Gasteiger partial charge on any atom is -0.314 e. The summed E-state index contributed by atoms with van der Waals surface area (Å²) >= 11 is 11.9. The van der Waals surface area contributed by atoms with Gasteiger partial charge in [0.05, 0.1) is 10.0 Å². The van der Waals surface area contributed by atoms with Crippen molar-refractivity contribution in [2.45, 2.75) is 36.6 Å². The molecule has 1 N–H and O–H groups in total. The molecular formula is C15H19Cl2FN2O2S. The highest BCUT2D eigenvalue weighted by Crippen LogP contribution is 2.35. The third kappa shape index (κ3) is 3.51. The van der Waals surface area contributed by atoms with Gasteiger partial charge in [0, 0.05) is 19.1 Å². The Morgan fingerprint density at radius 2 is 1.74 bits per heavy atom. The first-order valence-electron chi connectivity index (χ1n) is 7.77. The number of halogens is 3. The third-order valence-electron chi connectivity index (χ3n) is 4.73. The van der Waals surface area contributed by atoms with Gasteiger partial charge in [-0.1, -0.05) is 23.2 Å². The summed E-state index contributed by atoms with van der Waals surface area (Å²) in [5.41, 5.74) is 0. The molecule has 0 aliphatic carbocycles. The molecule has 0 amide bonds. The zero-order valence-electron chi connectivity index (χ0n) is 12.6. The van der Waals surface area contributed by atoms with Gasteiger partial charge in [-0.05, 0) is 50.3 Å². The second-order valence-corrected chi connectivity index (χ2v) is 8.83. The Bertz CT molecular complexity index is 662. The van der Waals surface area contributed by atoms with Crippen molar-refractivity contribution in [1.82, 2.24) is 9.62 Å². The second-order valence-electron chi connectivity index (χ2n) is 6.14. The van der Waals surface area contributed by atoms with Gasteiger partial charge in [0.2, 0.25) is 10.0 Å². The molecule has 2 fully saturated rings. The molecule has 8 heteroatoms. The van der Waals surface area contributed by atoms with Crippen LogP contribution in [0, 0.1) is 11.7 Å². The van der Waals surface area contributed by atoms with Crippen LogP contribution in [0.1, 0.15) is 25.7 Å². The number of sulfonamides is 1. The number of piperidine rings is 1. The first-order chi connectivity index (χ1) is 10.9. The lowest BCUT2D eigenvalue weighted by Crippen LogP contribution is -2.43. The highest BCUT2D eigenvalue weighted by Gasteiger charge is 2.35. The molecule has 1 unspecified atom stereocenters. The Morgan fingerprint density at radius 3 is 2.26 bits per heavy atom. The summed E-state index contributed by atoms with van der Waals surface area (Å²) in [6.45, 7) is 1.93. The molecule has 2 aliphatic rings. The van der Waals surface area contributed by atoms with Crippen molar-refractivity contribution in [3.63, 3.8) is 0 Å². The molecule has 2 saturated heterocycles. The number of hydrogen-bond donors (Lipinski definition) is 1. The van der Waals surface area contributed by atoms with Crippen molar-refractivity contribution in [2.24, 2.45) is 5.92 Å².